The molecule has 0 radical (unpaired) electrons. The monoisotopic (exact) mass is 347 g/mol. The fourth-order valence-corrected chi connectivity index (χ4v) is 3.49. The van der Waals surface area contributed by atoms with E-state index in [9.17, 15) is 9.59 Å². The molecule has 2 aliphatic heterocycles. The van der Waals surface area contributed by atoms with Crippen molar-refractivity contribution in [1.29, 1.82) is 0 Å². The number of nitrogens with zero attached hydrogens (tertiary/aromatic N) is 1. The molecule has 1 amide bonds. The summed E-state index contributed by atoms with van der Waals surface area (Å²) in [4.78, 5) is 25.0. The highest BCUT2D eigenvalue weighted by Gasteiger charge is 2.30. The van der Waals surface area contributed by atoms with Crippen molar-refractivity contribution in [2.24, 2.45) is 0 Å². The first-order chi connectivity index (χ1) is 11.0. The molecule has 2 aliphatic rings. The second kappa shape index (κ2) is 6.17. The van der Waals surface area contributed by atoms with E-state index in [0.29, 0.717) is 21.4 Å². The highest BCUT2D eigenvalue weighted by atomic mass is 32.2. The number of allylic oxidation sites excluding steroid dienone is 1. The van der Waals surface area contributed by atoms with Crippen LogP contribution in [0.25, 0.3) is 0 Å². The summed E-state index contributed by atoms with van der Waals surface area (Å²) < 4.78 is 6.35. The van der Waals surface area contributed by atoms with E-state index in [-0.39, 0.29) is 17.6 Å². The number of carboxylic acids is 1. The van der Waals surface area contributed by atoms with Gasteiger partial charge in [-0.15, -0.1) is 0 Å². The molecule has 0 spiro atoms. The van der Waals surface area contributed by atoms with Gasteiger partial charge in [0.25, 0.3) is 5.91 Å². The standard InChI is InChI=1S/C16H13NO4S2/c1-17-14(18)13(23-16(17)22)8-11-5-6-12(21-11)9-3-2-4-10(7-9)15(19)20/h2-5,7-8,12H,6H2,1H3,(H,19,20)/b13-8+. The number of rotatable bonds is 3. The van der Waals surface area contributed by atoms with Crippen LogP contribution >= 0.6 is 24.0 Å². The van der Waals surface area contributed by atoms with Crippen LogP contribution in [0.15, 0.2) is 47.1 Å². The number of aromatic carboxylic acids is 1. The fraction of sp³-hybridized carbons (Fsp3) is 0.188. The Balaban J connectivity index is 1.74. The summed E-state index contributed by atoms with van der Waals surface area (Å²) in [5.74, 6) is -0.504. The zero-order valence-corrected chi connectivity index (χ0v) is 13.8. The number of thiocarbonyl (C=S) groups is 1. The van der Waals surface area contributed by atoms with Crippen LogP contribution in [0, 0.1) is 0 Å². The van der Waals surface area contributed by atoms with Crippen molar-refractivity contribution >= 4 is 40.2 Å². The highest BCUT2D eigenvalue weighted by Crippen LogP contribution is 2.36. The number of benzene rings is 1. The van der Waals surface area contributed by atoms with Gasteiger partial charge in [0.2, 0.25) is 0 Å². The number of amides is 1. The Morgan fingerprint density at radius 3 is 2.96 bits per heavy atom. The van der Waals surface area contributed by atoms with Gasteiger partial charge in [-0.05, 0) is 29.8 Å². The van der Waals surface area contributed by atoms with E-state index < -0.39 is 5.97 Å². The summed E-state index contributed by atoms with van der Waals surface area (Å²) in [7, 11) is 1.64. The molecule has 3 rings (SSSR count). The van der Waals surface area contributed by atoms with Crippen molar-refractivity contribution in [3.63, 3.8) is 0 Å². The predicted octanol–water partition coefficient (Wildman–Crippen LogP) is 3.10. The Bertz CT molecular complexity index is 769. The van der Waals surface area contributed by atoms with E-state index in [1.54, 1.807) is 31.3 Å². The van der Waals surface area contributed by atoms with Gasteiger partial charge < -0.3 is 9.84 Å². The van der Waals surface area contributed by atoms with Crippen molar-refractivity contribution in [2.45, 2.75) is 12.5 Å². The van der Waals surface area contributed by atoms with Gasteiger partial charge in [0.05, 0.1) is 10.5 Å². The molecule has 7 heteroatoms. The Morgan fingerprint density at radius 1 is 1.52 bits per heavy atom. The normalized spacial score (nSPS) is 22.5. The summed E-state index contributed by atoms with van der Waals surface area (Å²) in [6.45, 7) is 0. The maximum absolute atomic E-state index is 12.0. The van der Waals surface area contributed by atoms with Crippen LogP contribution in [-0.4, -0.2) is 33.3 Å². The van der Waals surface area contributed by atoms with Crippen LogP contribution in [0.5, 0.6) is 0 Å². The molecule has 5 nitrogen and oxygen atoms in total. The fourth-order valence-electron chi connectivity index (χ4n) is 2.33. The molecule has 1 atom stereocenters. The minimum Gasteiger partial charge on any atom is -0.486 e. The van der Waals surface area contributed by atoms with Gasteiger partial charge in [0.15, 0.2) is 0 Å². The van der Waals surface area contributed by atoms with Crippen LogP contribution in [-0.2, 0) is 9.53 Å². The first kappa shape index (κ1) is 15.8. The topological polar surface area (TPSA) is 66.8 Å². The molecular formula is C16H13NO4S2. The van der Waals surface area contributed by atoms with Gasteiger partial charge in [0, 0.05) is 13.5 Å². The summed E-state index contributed by atoms with van der Waals surface area (Å²) in [6, 6.07) is 6.68. The average Bonchev–Trinajstić information content (AvgIpc) is 3.09. The number of carbonyl (C=O) groups is 2. The molecular weight excluding hydrogens is 334 g/mol. The van der Waals surface area contributed by atoms with Gasteiger partial charge in [-0.2, -0.15) is 0 Å². The third-order valence-corrected chi connectivity index (χ3v) is 5.06. The number of ether oxygens (including phenoxy) is 1. The maximum Gasteiger partial charge on any atom is 0.335 e. The summed E-state index contributed by atoms with van der Waals surface area (Å²) >= 11 is 6.33. The van der Waals surface area contributed by atoms with Crippen molar-refractivity contribution in [3.05, 3.63) is 58.2 Å². The number of carboxylic acid groups (broad SMARTS) is 1. The second-order valence-electron chi connectivity index (χ2n) is 5.12. The Morgan fingerprint density at radius 2 is 2.30 bits per heavy atom. The second-order valence-corrected chi connectivity index (χ2v) is 6.80. The molecule has 1 saturated heterocycles. The quantitative estimate of drug-likeness (QED) is 0.669. The summed E-state index contributed by atoms with van der Waals surface area (Å²) in [5, 5.41) is 9.05. The lowest BCUT2D eigenvalue weighted by atomic mass is 10.0. The molecule has 0 aliphatic carbocycles. The van der Waals surface area contributed by atoms with Crippen molar-refractivity contribution in [1.82, 2.24) is 4.90 Å². The molecule has 1 unspecified atom stereocenters. The molecule has 118 valence electrons. The molecule has 1 aromatic carbocycles. The first-order valence-corrected chi connectivity index (χ1v) is 8.10. The highest BCUT2D eigenvalue weighted by molar-refractivity contribution is 8.26. The number of hydrogen-bond donors (Lipinski definition) is 1. The predicted molar refractivity (Wildman–Crippen MR) is 91.0 cm³/mol. The molecule has 0 bridgehead atoms. The number of likely N-dealkylation sites (N-methyl/N-ethyl adjacent to an activating group) is 1. The van der Waals surface area contributed by atoms with E-state index in [1.165, 1.54) is 16.7 Å². The SMILES string of the molecule is CN1C(=O)/C(=C\C2=CCC(c3cccc(C(=O)O)c3)O2)SC1=S. The van der Waals surface area contributed by atoms with Gasteiger partial charge >= 0.3 is 5.97 Å². The minimum atomic E-state index is -0.968. The Hall–Kier alpha value is -2.12. The largest absolute Gasteiger partial charge is 0.486 e. The third-order valence-electron chi connectivity index (χ3n) is 3.58. The van der Waals surface area contributed by atoms with Gasteiger partial charge in [-0.25, -0.2) is 4.79 Å². The van der Waals surface area contributed by atoms with Crippen molar-refractivity contribution in [2.75, 3.05) is 7.05 Å². The van der Waals surface area contributed by atoms with Crippen molar-refractivity contribution in [3.8, 4) is 0 Å². The van der Waals surface area contributed by atoms with Crippen LogP contribution in [0.2, 0.25) is 0 Å². The summed E-state index contributed by atoms with van der Waals surface area (Å²) in [6.07, 6.45) is 3.96. The molecule has 1 fully saturated rings. The zero-order chi connectivity index (χ0) is 16.6. The third kappa shape index (κ3) is 3.16. The Kier molecular flexibility index (Phi) is 4.23. The van der Waals surface area contributed by atoms with E-state index in [0.717, 1.165) is 5.56 Å². The number of carbonyl (C=O) groups excluding carboxylic acids is 1. The van der Waals surface area contributed by atoms with Gasteiger partial charge in [0.1, 0.15) is 16.2 Å². The van der Waals surface area contributed by atoms with Crippen LogP contribution in [0.3, 0.4) is 0 Å². The van der Waals surface area contributed by atoms with Gasteiger partial charge in [-0.3, -0.25) is 9.69 Å². The van der Waals surface area contributed by atoms with E-state index in [4.69, 9.17) is 22.1 Å². The van der Waals surface area contributed by atoms with Crippen LogP contribution in [0.1, 0.15) is 28.4 Å². The molecule has 1 aromatic rings. The van der Waals surface area contributed by atoms with Crippen LogP contribution in [0.4, 0.5) is 0 Å². The lowest BCUT2D eigenvalue weighted by Crippen LogP contribution is -2.22. The lowest BCUT2D eigenvalue weighted by molar-refractivity contribution is -0.121. The first-order valence-electron chi connectivity index (χ1n) is 6.87. The maximum atomic E-state index is 12.0. The molecule has 23 heavy (non-hydrogen) atoms. The molecule has 2 heterocycles. The Labute approximate surface area is 142 Å². The van der Waals surface area contributed by atoms with E-state index in [1.807, 2.05) is 12.1 Å². The molecule has 1 N–H and O–H groups in total. The summed E-state index contributed by atoms with van der Waals surface area (Å²) in [5.41, 5.74) is 1.03. The molecule has 0 aromatic heterocycles. The number of hydrogen-bond acceptors (Lipinski definition) is 5. The van der Waals surface area contributed by atoms with Gasteiger partial charge in [-0.1, -0.05) is 36.1 Å². The zero-order valence-electron chi connectivity index (χ0n) is 12.2. The van der Waals surface area contributed by atoms with Crippen LogP contribution < -0.4 is 0 Å². The minimum absolute atomic E-state index is 0.138. The van der Waals surface area contributed by atoms with Crippen molar-refractivity contribution < 1.29 is 19.4 Å². The van der Waals surface area contributed by atoms with E-state index >= 15 is 0 Å². The smallest absolute Gasteiger partial charge is 0.335 e. The number of thioether (sulfide) groups is 1. The van der Waals surface area contributed by atoms with E-state index in [2.05, 4.69) is 0 Å². The lowest BCUT2D eigenvalue weighted by Gasteiger charge is -2.13. The molecule has 0 saturated carbocycles. The average molecular weight is 347 g/mol.